The van der Waals surface area contributed by atoms with Crippen LogP contribution in [0.25, 0.3) is 0 Å². The predicted octanol–water partition coefficient (Wildman–Crippen LogP) is 2.24. The maximum absolute atomic E-state index is 11.6. The summed E-state index contributed by atoms with van der Waals surface area (Å²) in [6, 6.07) is 8.56. The van der Waals surface area contributed by atoms with Crippen molar-refractivity contribution in [2.24, 2.45) is 5.92 Å². The van der Waals surface area contributed by atoms with Crippen LogP contribution in [-0.4, -0.2) is 31.1 Å². The molecule has 0 fully saturated rings. The van der Waals surface area contributed by atoms with Gasteiger partial charge in [-0.25, -0.2) is 0 Å². The monoisotopic (exact) mass is 247 g/mol. The zero-order chi connectivity index (χ0) is 13.0. The van der Waals surface area contributed by atoms with E-state index < -0.39 is 0 Å². The molecule has 1 aromatic carbocycles. The quantitative estimate of drug-likeness (QED) is 0.764. The number of esters is 1. The largest absolute Gasteiger partial charge is 0.469 e. The van der Waals surface area contributed by atoms with Crippen LogP contribution < -0.4 is 0 Å². The summed E-state index contributed by atoms with van der Waals surface area (Å²) in [6.07, 6.45) is 1.92. The third-order valence-corrected chi connectivity index (χ3v) is 3.72. The Morgan fingerprint density at radius 1 is 1.39 bits per heavy atom. The highest BCUT2D eigenvalue weighted by atomic mass is 16.5. The van der Waals surface area contributed by atoms with Gasteiger partial charge in [0.25, 0.3) is 0 Å². The van der Waals surface area contributed by atoms with Gasteiger partial charge >= 0.3 is 5.97 Å². The van der Waals surface area contributed by atoms with Gasteiger partial charge in [0, 0.05) is 19.6 Å². The van der Waals surface area contributed by atoms with Crippen molar-refractivity contribution in [1.82, 2.24) is 4.90 Å². The van der Waals surface area contributed by atoms with Crippen molar-refractivity contribution in [2.45, 2.75) is 26.3 Å². The van der Waals surface area contributed by atoms with Crippen molar-refractivity contribution in [3.63, 3.8) is 0 Å². The average Bonchev–Trinajstić information content (AvgIpc) is 2.43. The van der Waals surface area contributed by atoms with Crippen molar-refractivity contribution in [1.29, 1.82) is 0 Å². The second-order valence-electron chi connectivity index (χ2n) is 4.88. The second-order valence-corrected chi connectivity index (χ2v) is 4.88. The minimum atomic E-state index is -0.0867. The molecule has 0 spiro atoms. The maximum atomic E-state index is 11.6. The number of hydrogen-bond donors (Lipinski definition) is 0. The van der Waals surface area contributed by atoms with E-state index in [9.17, 15) is 4.79 Å². The van der Waals surface area contributed by atoms with Gasteiger partial charge < -0.3 is 4.74 Å². The van der Waals surface area contributed by atoms with Crippen molar-refractivity contribution in [3.8, 4) is 0 Å². The first-order chi connectivity index (χ1) is 8.74. The Morgan fingerprint density at radius 2 is 2.11 bits per heavy atom. The number of methoxy groups -OCH3 is 1. The molecule has 1 aliphatic rings. The molecule has 1 aliphatic heterocycles. The molecule has 0 bridgehead atoms. The Labute approximate surface area is 109 Å². The fraction of sp³-hybridized carbons (Fsp3) is 0.533. The maximum Gasteiger partial charge on any atom is 0.309 e. The number of fused-ring (bicyclic) bond motifs is 1. The van der Waals surface area contributed by atoms with Gasteiger partial charge in [0.2, 0.25) is 0 Å². The van der Waals surface area contributed by atoms with Crippen LogP contribution in [0.15, 0.2) is 24.3 Å². The van der Waals surface area contributed by atoms with Gasteiger partial charge in [0.05, 0.1) is 13.0 Å². The fourth-order valence-electron chi connectivity index (χ4n) is 2.56. The number of carbonyl (C=O) groups excluding carboxylic acids is 1. The highest BCUT2D eigenvalue weighted by Gasteiger charge is 2.23. The number of rotatable bonds is 4. The Kier molecular flexibility index (Phi) is 4.37. The molecule has 0 amide bonds. The van der Waals surface area contributed by atoms with Crippen LogP contribution in [0.3, 0.4) is 0 Å². The first kappa shape index (κ1) is 13.1. The van der Waals surface area contributed by atoms with E-state index in [4.69, 9.17) is 4.74 Å². The lowest BCUT2D eigenvalue weighted by Gasteiger charge is -2.30. The minimum absolute atomic E-state index is 0.000243. The summed E-state index contributed by atoms with van der Waals surface area (Å²) in [5.74, 6) is -0.0865. The SMILES string of the molecule is CCC(CN1CCc2ccccc2C1)C(=O)OC. The molecule has 0 N–H and O–H groups in total. The lowest BCUT2D eigenvalue weighted by atomic mass is 9.98. The van der Waals surface area contributed by atoms with Crippen LogP contribution in [0.5, 0.6) is 0 Å². The molecule has 0 saturated carbocycles. The highest BCUT2D eigenvalue weighted by Crippen LogP contribution is 2.20. The molecule has 0 saturated heterocycles. The lowest BCUT2D eigenvalue weighted by Crippen LogP contribution is -2.37. The summed E-state index contributed by atoms with van der Waals surface area (Å²) >= 11 is 0. The van der Waals surface area contributed by atoms with E-state index >= 15 is 0 Å². The van der Waals surface area contributed by atoms with Crippen LogP contribution in [0.2, 0.25) is 0 Å². The molecule has 3 heteroatoms. The first-order valence-corrected chi connectivity index (χ1v) is 6.61. The molecule has 1 aromatic rings. The lowest BCUT2D eigenvalue weighted by molar-refractivity contribution is -0.146. The second kappa shape index (κ2) is 6.01. The zero-order valence-corrected chi connectivity index (χ0v) is 11.2. The molecule has 2 rings (SSSR count). The summed E-state index contributed by atoms with van der Waals surface area (Å²) in [7, 11) is 1.47. The van der Waals surface area contributed by atoms with E-state index in [-0.39, 0.29) is 11.9 Å². The van der Waals surface area contributed by atoms with Gasteiger partial charge in [0.1, 0.15) is 0 Å². The average molecular weight is 247 g/mol. The number of ether oxygens (including phenoxy) is 1. The zero-order valence-electron chi connectivity index (χ0n) is 11.2. The molecule has 18 heavy (non-hydrogen) atoms. The van der Waals surface area contributed by atoms with Gasteiger partial charge in [-0.1, -0.05) is 31.2 Å². The van der Waals surface area contributed by atoms with Crippen LogP contribution in [-0.2, 0) is 22.5 Å². The van der Waals surface area contributed by atoms with Crippen LogP contribution in [0.4, 0.5) is 0 Å². The van der Waals surface area contributed by atoms with Gasteiger partial charge in [-0.15, -0.1) is 0 Å². The standard InChI is InChI=1S/C15H21NO2/c1-3-12(15(17)18-2)10-16-9-8-13-6-4-5-7-14(13)11-16/h4-7,12H,3,8-11H2,1-2H3. The van der Waals surface area contributed by atoms with Crippen LogP contribution in [0.1, 0.15) is 24.5 Å². The van der Waals surface area contributed by atoms with E-state index in [2.05, 4.69) is 29.2 Å². The third kappa shape index (κ3) is 2.91. The Hall–Kier alpha value is -1.35. The molecular formula is C15H21NO2. The molecule has 0 radical (unpaired) electrons. The van der Waals surface area contributed by atoms with E-state index in [0.717, 1.165) is 32.5 Å². The highest BCUT2D eigenvalue weighted by molar-refractivity contribution is 5.72. The van der Waals surface area contributed by atoms with Crippen LogP contribution >= 0.6 is 0 Å². The first-order valence-electron chi connectivity index (χ1n) is 6.61. The Morgan fingerprint density at radius 3 is 2.78 bits per heavy atom. The molecular weight excluding hydrogens is 226 g/mol. The van der Waals surface area contributed by atoms with Gasteiger partial charge in [-0.05, 0) is 24.0 Å². The normalized spacial score (nSPS) is 17.0. The number of nitrogens with zero attached hydrogens (tertiary/aromatic N) is 1. The van der Waals surface area contributed by atoms with Crippen molar-refractivity contribution >= 4 is 5.97 Å². The Bertz CT molecular complexity index is 417. The fourth-order valence-corrected chi connectivity index (χ4v) is 2.56. The van der Waals surface area contributed by atoms with Gasteiger partial charge in [-0.3, -0.25) is 9.69 Å². The molecule has 0 aliphatic carbocycles. The molecule has 1 heterocycles. The summed E-state index contributed by atoms with van der Waals surface area (Å²) in [4.78, 5) is 14.0. The van der Waals surface area contributed by atoms with E-state index in [1.54, 1.807) is 0 Å². The predicted molar refractivity (Wildman–Crippen MR) is 71.2 cm³/mol. The third-order valence-electron chi connectivity index (χ3n) is 3.72. The minimum Gasteiger partial charge on any atom is -0.469 e. The molecule has 1 unspecified atom stereocenters. The molecule has 1 atom stereocenters. The van der Waals surface area contributed by atoms with Gasteiger partial charge in [-0.2, -0.15) is 0 Å². The molecule has 98 valence electrons. The van der Waals surface area contributed by atoms with Crippen molar-refractivity contribution < 1.29 is 9.53 Å². The topological polar surface area (TPSA) is 29.5 Å². The van der Waals surface area contributed by atoms with E-state index in [0.29, 0.717) is 0 Å². The smallest absolute Gasteiger partial charge is 0.309 e. The molecule has 0 aromatic heterocycles. The molecule has 3 nitrogen and oxygen atoms in total. The summed E-state index contributed by atoms with van der Waals surface area (Å²) in [5, 5.41) is 0. The Balaban J connectivity index is 1.98. The summed E-state index contributed by atoms with van der Waals surface area (Å²) in [6.45, 7) is 4.82. The summed E-state index contributed by atoms with van der Waals surface area (Å²) in [5.41, 5.74) is 2.84. The summed E-state index contributed by atoms with van der Waals surface area (Å²) < 4.78 is 4.85. The van der Waals surface area contributed by atoms with Crippen molar-refractivity contribution in [2.75, 3.05) is 20.2 Å². The number of hydrogen-bond acceptors (Lipinski definition) is 3. The number of carbonyl (C=O) groups is 1. The van der Waals surface area contributed by atoms with Gasteiger partial charge in [0.15, 0.2) is 0 Å². The van der Waals surface area contributed by atoms with E-state index in [1.807, 2.05) is 6.92 Å². The van der Waals surface area contributed by atoms with Crippen LogP contribution in [0, 0.1) is 5.92 Å². The van der Waals surface area contributed by atoms with Crippen molar-refractivity contribution in [3.05, 3.63) is 35.4 Å². The van der Waals surface area contributed by atoms with E-state index in [1.165, 1.54) is 18.2 Å². The number of benzene rings is 1.